The Morgan fingerprint density at radius 2 is 1.92 bits per heavy atom. The van der Waals surface area contributed by atoms with Gasteiger partial charge in [-0.15, -0.1) is 0 Å². The maximum absolute atomic E-state index is 14.1. The molecule has 0 radical (unpaired) electrons. The molecule has 1 atom stereocenters. The third-order valence-corrected chi connectivity index (χ3v) is 8.14. The molecule has 5 rings (SSSR count). The summed E-state index contributed by atoms with van der Waals surface area (Å²) in [4.78, 5) is 32.6. The first kappa shape index (κ1) is 25.9. The summed E-state index contributed by atoms with van der Waals surface area (Å²) in [6, 6.07) is 16.4. The van der Waals surface area contributed by atoms with Crippen LogP contribution >= 0.6 is 27.3 Å². The quantitative estimate of drug-likeness (QED) is 0.302. The summed E-state index contributed by atoms with van der Waals surface area (Å²) in [6.07, 6.45) is 1.80. The van der Waals surface area contributed by atoms with Crippen LogP contribution in [0.4, 0.5) is 0 Å². The van der Waals surface area contributed by atoms with Gasteiger partial charge in [0.2, 0.25) is 0 Å². The number of thiazole rings is 1. The van der Waals surface area contributed by atoms with Crippen LogP contribution in [-0.2, 0) is 9.53 Å². The molecule has 0 amide bonds. The number of benzene rings is 3. The smallest absolute Gasteiger partial charge is 0.338 e. The average Bonchev–Trinajstić information content (AvgIpc) is 3.22. The van der Waals surface area contributed by atoms with E-state index in [9.17, 15) is 9.59 Å². The lowest BCUT2D eigenvalue weighted by molar-refractivity contribution is -0.139. The molecule has 194 valence electrons. The van der Waals surface area contributed by atoms with Crippen LogP contribution in [0.1, 0.15) is 31.0 Å². The van der Waals surface area contributed by atoms with E-state index in [0.717, 1.165) is 20.8 Å². The summed E-state index contributed by atoms with van der Waals surface area (Å²) in [7, 11) is 3.18. The standard InChI is InChI=1S/C29H25BrN2O5S/c1-5-37-28(34)24-16(2)31-29-32(26(24)25-20-9-7-6-8-17(20)10-13-22(25)36-4)27(33)23(38-29)15-18-14-19(35-3)11-12-21(18)30/h6-15,26H,5H2,1-4H3/b23-15-/t26-/m0/s1. The lowest BCUT2D eigenvalue weighted by Crippen LogP contribution is -2.40. The summed E-state index contributed by atoms with van der Waals surface area (Å²) in [5, 5.41) is 1.84. The van der Waals surface area contributed by atoms with Crippen LogP contribution in [0, 0.1) is 0 Å². The van der Waals surface area contributed by atoms with Crippen LogP contribution < -0.4 is 24.4 Å². The van der Waals surface area contributed by atoms with Gasteiger partial charge in [-0.3, -0.25) is 9.36 Å². The molecule has 38 heavy (non-hydrogen) atoms. The number of fused-ring (bicyclic) bond motifs is 2. The minimum atomic E-state index is -0.790. The van der Waals surface area contributed by atoms with E-state index in [0.29, 0.717) is 37.7 Å². The number of methoxy groups -OCH3 is 2. The summed E-state index contributed by atoms with van der Waals surface area (Å²) in [5.41, 5.74) is 2.04. The van der Waals surface area contributed by atoms with Crippen LogP contribution in [-0.4, -0.2) is 31.4 Å². The van der Waals surface area contributed by atoms with Crippen molar-refractivity contribution in [2.45, 2.75) is 19.9 Å². The van der Waals surface area contributed by atoms with E-state index in [-0.39, 0.29) is 12.2 Å². The Kier molecular flexibility index (Phi) is 7.23. The van der Waals surface area contributed by atoms with Crippen LogP contribution in [0.25, 0.3) is 16.8 Å². The van der Waals surface area contributed by atoms with Gasteiger partial charge >= 0.3 is 5.97 Å². The molecule has 0 fully saturated rings. The molecule has 3 aromatic carbocycles. The molecule has 4 aromatic rings. The molecule has 1 aliphatic heterocycles. The highest BCUT2D eigenvalue weighted by molar-refractivity contribution is 9.10. The van der Waals surface area contributed by atoms with Crippen LogP contribution in [0.15, 0.2) is 80.1 Å². The van der Waals surface area contributed by atoms with Crippen molar-refractivity contribution in [3.63, 3.8) is 0 Å². The normalized spacial score (nSPS) is 15.3. The Labute approximate surface area is 231 Å². The lowest BCUT2D eigenvalue weighted by Gasteiger charge is -2.27. The number of hydrogen-bond donors (Lipinski definition) is 0. The fraction of sp³-hybridized carbons (Fsp3) is 0.207. The van der Waals surface area contributed by atoms with Crippen molar-refractivity contribution >= 4 is 50.1 Å². The Hall–Kier alpha value is -3.69. The Morgan fingerprint density at radius 1 is 1.13 bits per heavy atom. The first-order valence-electron chi connectivity index (χ1n) is 12.0. The fourth-order valence-corrected chi connectivity index (χ4v) is 6.10. The molecule has 7 nitrogen and oxygen atoms in total. The number of esters is 1. The first-order chi connectivity index (χ1) is 18.4. The van der Waals surface area contributed by atoms with Crippen molar-refractivity contribution in [2.24, 2.45) is 4.99 Å². The molecule has 1 aliphatic rings. The minimum absolute atomic E-state index is 0.198. The molecule has 0 saturated heterocycles. The monoisotopic (exact) mass is 592 g/mol. The molecule has 9 heteroatoms. The molecular weight excluding hydrogens is 568 g/mol. The van der Waals surface area contributed by atoms with E-state index in [4.69, 9.17) is 14.2 Å². The molecule has 0 N–H and O–H groups in total. The van der Waals surface area contributed by atoms with E-state index in [2.05, 4.69) is 20.9 Å². The van der Waals surface area contributed by atoms with Gasteiger partial charge in [0.15, 0.2) is 4.80 Å². The fourth-order valence-electron chi connectivity index (χ4n) is 4.70. The number of hydrogen-bond acceptors (Lipinski definition) is 7. The zero-order chi connectivity index (χ0) is 27.0. The highest BCUT2D eigenvalue weighted by Crippen LogP contribution is 2.40. The van der Waals surface area contributed by atoms with Crippen LogP contribution in [0.5, 0.6) is 11.5 Å². The van der Waals surface area contributed by atoms with Crippen molar-refractivity contribution in [3.8, 4) is 11.5 Å². The van der Waals surface area contributed by atoms with Gasteiger partial charge in [-0.05, 0) is 60.5 Å². The third kappa shape index (κ3) is 4.46. The van der Waals surface area contributed by atoms with Gasteiger partial charge in [0.1, 0.15) is 17.5 Å². The Balaban J connectivity index is 1.85. The van der Waals surface area contributed by atoms with Gasteiger partial charge < -0.3 is 14.2 Å². The third-order valence-electron chi connectivity index (χ3n) is 6.43. The number of carbonyl (C=O) groups is 1. The van der Waals surface area contributed by atoms with Crippen LogP contribution in [0.3, 0.4) is 0 Å². The second-order valence-electron chi connectivity index (χ2n) is 8.59. The number of halogens is 1. The molecule has 2 heterocycles. The molecule has 0 saturated carbocycles. The first-order valence-corrected chi connectivity index (χ1v) is 13.6. The summed E-state index contributed by atoms with van der Waals surface area (Å²) in [5.74, 6) is 0.722. The molecular formula is C29H25BrN2O5S. The number of carbonyl (C=O) groups excluding carboxylic acids is 1. The SMILES string of the molecule is CCOC(=O)C1=C(C)N=c2s/c(=C\c3cc(OC)ccc3Br)c(=O)n2[C@@H]1c1c(OC)ccc2ccccc12. The van der Waals surface area contributed by atoms with E-state index in [1.165, 1.54) is 11.3 Å². The zero-order valence-corrected chi connectivity index (χ0v) is 23.7. The van der Waals surface area contributed by atoms with Gasteiger partial charge in [0.25, 0.3) is 5.56 Å². The van der Waals surface area contributed by atoms with E-state index in [1.807, 2.05) is 54.6 Å². The number of rotatable bonds is 6. The van der Waals surface area contributed by atoms with E-state index in [1.54, 1.807) is 38.7 Å². The average molecular weight is 593 g/mol. The lowest BCUT2D eigenvalue weighted by atomic mass is 9.90. The van der Waals surface area contributed by atoms with Gasteiger partial charge in [0, 0.05) is 10.0 Å². The largest absolute Gasteiger partial charge is 0.497 e. The molecule has 0 aliphatic carbocycles. The van der Waals surface area contributed by atoms with E-state index < -0.39 is 12.0 Å². The van der Waals surface area contributed by atoms with Crippen molar-refractivity contribution in [3.05, 3.63) is 101 Å². The number of allylic oxidation sites excluding steroid dienone is 1. The molecule has 0 unspecified atom stereocenters. The second-order valence-corrected chi connectivity index (χ2v) is 10.5. The number of aromatic nitrogens is 1. The maximum Gasteiger partial charge on any atom is 0.338 e. The van der Waals surface area contributed by atoms with Crippen molar-refractivity contribution < 1.29 is 19.0 Å². The summed E-state index contributed by atoms with van der Waals surface area (Å²) >= 11 is 4.83. The predicted octanol–water partition coefficient (Wildman–Crippen LogP) is 4.73. The number of ether oxygens (including phenoxy) is 3. The molecule has 0 spiro atoms. The maximum atomic E-state index is 14.1. The van der Waals surface area contributed by atoms with Crippen molar-refractivity contribution in [2.75, 3.05) is 20.8 Å². The molecule has 1 aromatic heterocycles. The van der Waals surface area contributed by atoms with E-state index >= 15 is 0 Å². The zero-order valence-electron chi connectivity index (χ0n) is 21.3. The number of nitrogens with zero attached hydrogens (tertiary/aromatic N) is 2. The van der Waals surface area contributed by atoms with Gasteiger partial charge in [-0.1, -0.05) is 57.6 Å². The molecule has 0 bridgehead atoms. The Bertz CT molecular complexity index is 1790. The summed E-state index contributed by atoms with van der Waals surface area (Å²) < 4.78 is 19.5. The highest BCUT2D eigenvalue weighted by atomic mass is 79.9. The Morgan fingerprint density at radius 3 is 2.66 bits per heavy atom. The van der Waals surface area contributed by atoms with Gasteiger partial charge in [-0.2, -0.15) is 0 Å². The minimum Gasteiger partial charge on any atom is -0.497 e. The van der Waals surface area contributed by atoms with Gasteiger partial charge in [-0.25, -0.2) is 9.79 Å². The second kappa shape index (κ2) is 10.6. The van der Waals surface area contributed by atoms with Crippen molar-refractivity contribution in [1.29, 1.82) is 0 Å². The predicted molar refractivity (Wildman–Crippen MR) is 152 cm³/mol. The van der Waals surface area contributed by atoms with Crippen LogP contribution in [0.2, 0.25) is 0 Å². The summed E-state index contributed by atoms with van der Waals surface area (Å²) in [6.45, 7) is 3.72. The topological polar surface area (TPSA) is 79.1 Å². The highest BCUT2D eigenvalue weighted by Gasteiger charge is 2.36. The van der Waals surface area contributed by atoms with Crippen molar-refractivity contribution in [1.82, 2.24) is 4.57 Å². The van der Waals surface area contributed by atoms with Gasteiger partial charge in [0.05, 0.1) is 36.6 Å².